The molecule has 3 amide bonds. The van der Waals surface area contributed by atoms with Crippen molar-refractivity contribution in [2.75, 3.05) is 32.0 Å². The van der Waals surface area contributed by atoms with Crippen molar-refractivity contribution in [1.82, 2.24) is 19.6 Å². The second kappa shape index (κ2) is 5.12. The molecule has 0 bridgehead atoms. The van der Waals surface area contributed by atoms with Gasteiger partial charge in [0.15, 0.2) is 5.60 Å². The van der Waals surface area contributed by atoms with Gasteiger partial charge < -0.3 is 19.9 Å². The van der Waals surface area contributed by atoms with Crippen LogP contribution in [0.4, 0.5) is 15.3 Å². The number of nitrogens with zero attached hydrogens (tertiary/aromatic N) is 4. The number of carbonyl (C=O) groups excluding carboxylic acids is 2. The number of amides is 3. The van der Waals surface area contributed by atoms with E-state index in [0.29, 0.717) is 26.1 Å². The number of hydrogen-bond donors (Lipinski definition) is 1. The SMILES string of the molecule is CN1C[C@]2(CCN(C(=O)Nc3ccc4c(cnn4C)c3)C2)OC1=O. The lowest BCUT2D eigenvalue weighted by Crippen LogP contribution is -2.40. The number of benzene rings is 1. The maximum absolute atomic E-state index is 12.5. The Morgan fingerprint density at radius 2 is 2.17 bits per heavy atom. The molecular weight excluding hydrogens is 310 g/mol. The van der Waals surface area contributed by atoms with Crippen LogP contribution in [0.15, 0.2) is 24.4 Å². The van der Waals surface area contributed by atoms with Crippen LogP contribution in [-0.4, -0.2) is 64.0 Å². The number of nitrogens with one attached hydrogen (secondary N) is 1. The molecule has 2 aliphatic rings. The number of urea groups is 1. The smallest absolute Gasteiger partial charge is 0.410 e. The van der Waals surface area contributed by atoms with Crippen LogP contribution >= 0.6 is 0 Å². The summed E-state index contributed by atoms with van der Waals surface area (Å²) in [5.41, 5.74) is 1.17. The van der Waals surface area contributed by atoms with Gasteiger partial charge in [-0.15, -0.1) is 0 Å². The van der Waals surface area contributed by atoms with Gasteiger partial charge in [-0.05, 0) is 18.2 Å². The zero-order valence-electron chi connectivity index (χ0n) is 13.7. The van der Waals surface area contributed by atoms with E-state index < -0.39 is 5.60 Å². The molecule has 126 valence electrons. The topological polar surface area (TPSA) is 79.7 Å². The second-order valence-electron chi connectivity index (χ2n) is 6.55. The fourth-order valence-electron chi connectivity index (χ4n) is 3.47. The lowest BCUT2D eigenvalue weighted by atomic mass is 10.0. The van der Waals surface area contributed by atoms with Crippen LogP contribution in [0, 0.1) is 0 Å². The molecule has 1 atom stereocenters. The fourth-order valence-corrected chi connectivity index (χ4v) is 3.47. The highest BCUT2D eigenvalue weighted by Crippen LogP contribution is 2.32. The molecule has 1 aromatic heterocycles. The van der Waals surface area contributed by atoms with Crippen LogP contribution in [-0.2, 0) is 11.8 Å². The summed E-state index contributed by atoms with van der Waals surface area (Å²) in [7, 11) is 3.59. The first-order valence-corrected chi connectivity index (χ1v) is 7.88. The molecule has 0 aliphatic carbocycles. The lowest BCUT2D eigenvalue weighted by Gasteiger charge is -2.22. The molecular formula is C16H19N5O3. The van der Waals surface area contributed by atoms with Crippen LogP contribution < -0.4 is 5.32 Å². The second-order valence-corrected chi connectivity index (χ2v) is 6.55. The number of ether oxygens (including phenoxy) is 1. The van der Waals surface area contributed by atoms with Crippen molar-refractivity contribution in [3.8, 4) is 0 Å². The molecule has 1 N–H and O–H groups in total. The standard InChI is InChI=1S/C16H19N5O3/c1-19-9-16(24-15(19)23)5-6-21(10-16)14(22)18-12-3-4-13-11(7-12)8-17-20(13)2/h3-4,7-8H,5-6,9-10H2,1-2H3,(H,18,22)/t16-/m0/s1. The summed E-state index contributed by atoms with van der Waals surface area (Å²) in [4.78, 5) is 27.4. The number of rotatable bonds is 1. The Kier molecular flexibility index (Phi) is 3.16. The van der Waals surface area contributed by atoms with Gasteiger partial charge in [0, 0.05) is 38.1 Å². The Labute approximate surface area is 138 Å². The van der Waals surface area contributed by atoms with E-state index in [1.54, 1.807) is 27.7 Å². The molecule has 8 heteroatoms. The van der Waals surface area contributed by atoms with E-state index in [1.165, 1.54) is 0 Å². The maximum atomic E-state index is 12.5. The van der Waals surface area contributed by atoms with Crippen molar-refractivity contribution in [3.05, 3.63) is 24.4 Å². The fraction of sp³-hybridized carbons (Fsp3) is 0.438. The van der Waals surface area contributed by atoms with Crippen molar-refractivity contribution in [1.29, 1.82) is 0 Å². The quantitative estimate of drug-likeness (QED) is 0.862. The highest BCUT2D eigenvalue weighted by molar-refractivity contribution is 5.93. The third-order valence-electron chi connectivity index (χ3n) is 4.74. The molecule has 1 spiro atoms. The Morgan fingerprint density at radius 3 is 2.92 bits per heavy atom. The molecule has 8 nitrogen and oxygen atoms in total. The number of carbonyl (C=O) groups is 2. The van der Waals surface area contributed by atoms with Gasteiger partial charge in [0.05, 0.1) is 24.8 Å². The van der Waals surface area contributed by atoms with E-state index in [4.69, 9.17) is 4.74 Å². The van der Waals surface area contributed by atoms with Crippen molar-refractivity contribution in [2.45, 2.75) is 12.0 Å². The van der Waals surface area contributed by atoms with Crippen LogP contribution in [0.2, 0.25) is 0 Å². The molecule has 2 aromatic rings. The molecule has 2 fully saturated rings. The zero-order valence-corrected chi connectivity index (χ0v) is 13.7. The van der Waals surface area contributed by atoms with Crippen LogP contribution in [0.25, 0.3) is 10.9 Å². The van der Waals surface area contributed by atoms with E-state index in [2.05, 4.69) is 10.4 Å². The molecule has 2 aliphatic heterocycles. The number of anilines is 1. The summed E-state index contributed by atoms with van der Waals surface area (Å²) in [6.07, 6.45) is 2.11. The summed E-state index contributed by atoms with van der Waals surface area (Å²) in [6.45, 7) is 1.52. The monoisotopic (exact) mass is 329 g/mol. The van der Waals surface area contributed by atoms with Gasteiger partial charge >= 0.3 is 12.1 Å². The molecule has 2 saturated heterocycles. The third-order valence-corrected chi connectivity index (χ3v) is 4.74. The Bertz CT molecular complexity index is 832. The predicted octanol–water partition coefficient (Wildman–Crippen LogP) is 1.63. The third kappa shape index (κ3) is 2.34. The van der Waals surface area contributed by atoms with Crippen LogP contribution in [0.5, 0.6) is 0 Å². The number of aryl methyl sites for hydroxylation is 1. The molecule has 0 unspecified atom stereocenters. The first kappa shape index (κ1) is 14.8. The molecule has 3 heterocycles. The van der Waals surface area contributed by atoms with Gasteiger partial charge in [0.25, 0.3) is 0 Å². The predicted molar refractivity (Wildman–Crippen MR) is 87.8 cm³/mol. The van der Waals surface area contributed by atoms with Crippen molar-refractivity contribution >= 4 is 28.7 Å². The normalized spacial score (nSPS) is 23.3. The van der Waals surface area contributed by atoms with Gasteiger partial charge in [-0.3, -0.25) is 4.68 Å². The van der Waals surface area contributed by atoms with Crippen molar-refractivity contribution < 1.29 is 14.3 Å². The summed E-state index contributed by atoms with van der Waals surface area (Å²) in [5.74, 6) is 0. The van der Waals surface area contributed by atoms with E-state index >= 15 is 0 Å². The Balaban J connectivity index is 1.45. The van der Waals surface area contributed by atoms with Gasteiger partial charge in [-0.1, -0.05) is 0 Å². The molecule has 0 saturated carbocycles. The van der Waals surface area contributed by atoms with E-state index in [9.17, 15) is 9.59 Å². The lowest BCUT2D eigenvalue weighted by molar-refractivity contribution is 0.0663. The number of aromatic nitrogens is 2. The average molecular weight is 329 g/mol. The van der Waals surface area contributed by atoms with Crippen LogP contribution in [0.3, 0.4) is 0 Å². The van der Waals surface area contributed by atoms with Gasteiger partial charge in [-0.25, -0.2) is 9.59 Å². The minimum absolute atomic E-state index is 0.180. The first-order valence-electron chi connectivity index (χ1n) is 7.88. The van der Waals surface area contributed by atoms with E-state index in [1.807, 2.05) is 25.2 Å². The van der Waals surface area contributed by atoms with Gasteiger partial charge in [0.2, 0.25) is 0 Å². The first-order chi connectivity index (χ1) is 11.5. The molecule has 24 heavy (non-hydrogen) atoms. The summed E-state index contributed by atoms with van der Waals surface area (Å²) < 4.78 is 7.26. The largest absolute Gasteiger partial charge is 0.439 e. The number of likely N-dealkylation sites (tertiary alicyclic amines) is 1. The molecule has 4 rings (SSSR count). The maximum Gasteiger partial charge on any atom is 0.410 e. The highest BCUT2D eigenvalue weighted by Gasteiger charge is 2.49. The van der Waals surface area contributed by atoms with Gasteiger partial charge in [0.1, 0.15) is 0 Å². The van der Waals surface area contributed by atoms with Crippen molar-refractivity contribution in [3.63, 3.8) is 0 Å². The minimum atomic E-state index is -0.559. The summed E-state index contributed by atoms with van der Waals surface area (Å²) >= 11 is 0. The van der Waals surface area contributed by atoms with E-state index in [-0.39, 0.29) is 12.1 Å². The summed E-state index contributed by atoms with van der Waals surface area (Å²) in [6, 6.07) is 5.50. The minimum Gasteiger partial charge on any atom is -0.439 e. The number of hydrogen-bond acceptors (Lipinski definition) is 4. The van der Waals surface area contributed by atoms with E-state index in [0.717, 1.165) is 16.6 Å². The Hall–Kier alpha value is -2.77. The zero-order chi connectivity index (χ0) is 16.9. The van der Waals surface area contributed by atoms with Crippen LogP contribution in [0.1, 0.15) is 6.42 Å². The molecule has 0 radical (unpaired) electrons. The highest BCUT2D eigenvalue weighted by atomic mass is 16.6. The average Bonchev–Trinajstić information content (AvgIpc) is 3.19. The number of fused-ring (bicyclic) bond motifs is 1. The van der Waals surface area contributed by atoms with Crippen molar-refractivity contribution in [2.24, 2.45) is 7.05 Å². The molecule has 1 aromatic carbocycles. The van der Waals surface area contributed by atoms with Gasteiger partial charge in [-0.2, -0.15) is 5.10 Å². The summed E-state index contributed by atoms with van der Waals surface area (Å²) in [5, 5.41) is 8.08. The Morgan fingerprint density at radius 1 is 1.33 bits per heavy atom. The number of likely N-dealkylation sites (N-methyl/N-ethyl adjacent to an activating group) is 1.